The van der Waals surface area contributed by atoms with Gasteiger partial charge in [-0.3, -0.25) is 0 Å². The molecule has 19 heavy (non-hydrogen) atoms. The maximum absolute atomic E-state index is 12.0. The fourth-order valence-electron chi connectivity index (χ4n) is 1.84. The van der Waals surface area contributed by atoms with Crippen LogP contribution in [-0.4, -0.2) is 12.6 Å². The second-order valence-corrected chi connectivity index (χ2v) is 6.05. The Morgan fingerprint density at radius 1 is 1.42 bits per heavy atom. The second kappa shape index (κ2) is 8.64. The zero-order chi connectivity index (χ0) is 14.3. The molecular formula is C15H21BrO2S. The Kier molecular flexibility index (Phi) is 7.54. The molecule has 0 N–H and O–H groups in total. The first kappa shape index (κ1) is 16.6. The quantitative estimate of drug-likeness (QED) is 0.549. The lowest BCUT2D eigenvalue weighted by Crippen LogP contribution is -2.14. The fraction of sp³-hybridized carbons (Fsp3) is 0.533. The first-order valence-corrected chi connectivity index (χ1v) is 7.98. The van der Waals surface area contributed by atoms with Gasteiger partial charge in [0.15, 0.2) is 0 Å². The van der Waals surface area contributed by atoms with Crippen molar-refractivity contribution in [2.45, 2.75) is 44.4 Å². The van der Waals surface area contributed by atoms with E-state index in [1.54, 1.807) is 6.07 Å². The Balaban J connectivity index is 2.56. The van der Waals surface area contributed by atoms with Gasteiger partial charge in [0.25, 0.3) is 0 Å². The first-order chi connectivity index (χ1) is 9.08. The number of unbranched alkanes of at least 4 members (excludes halogenated alkanes) is 1. The summed E-state index contributed by atoms with van der Waals surface area (Å²) in [5, 5.41) is 0. The van der Waals surface area contributed by atoms with Gasteiger partial charge in [-0.25, -0.2) is 4.79 Å². The molecule has 1 aromatic rings. The summed E-state index contributed by atoms with van der Waals surface area (Å²) in [5.74, 6) is 0.180. The van der Waals surface area contributed by atoms with Gasteiger partial charge in [-0.05, 0) is 46.5 Å². The van der Waals surface area contributed by atoms with E-state index in [0.717, 1.165) is 22.2 Å². The predicted octanol–water partition coefficient (Wildman–Crippen LogP) is 5.11. The Labute approximate surface area is 129 Å². The summed E-state index contributed by atoms with van der Waals surface area (Å²) < 4.78 is 6.16. The molecule has 106 valence electrons. The molecule has 2 nitrogen and oxygen atoms in total. The van der Waals surface area contributed by atoms with Gasteiger partial charge in [-0.1, -0.05) is 33.1 Å². The number of hydrogen-bond donors (Lipinski definition) is 1. The maximum Gasteiger partial charge on any atom is 0.339 e. The minimum atomic E-state index is -0.280. The number of esters is 1. The average molecular weight is 345 g/mol. The number of benzene rings is 1. The SMILES string of the molecule is CCCCC(CC)COC(=O)c1cc(S)ccc1Br. The third kappa shape index (κ3) is 5.57. The van der Waals surface area contributed by atoms with Gasteiger partial charge >= 0.3 is 5.97 Å². The second-order valence-electron chi connectivity index (χ2n) is 4.68. The zero-order valence-electron chi connectivity index (χ0n) is 11.5. The zero-order valence-corrected chi connectivity index (χ0v) is 14.0. The van der Waals surface area contributed by atoms with Gasteiger partial charge in [-0.2, -0.15) is 0 Å². The average Bonchev–Trinajstić information content (AvgIpc) is 2.41. The number of ether oxygens (including phenoxy) is 1. The van der Waals surface area contributed by atoms with E-state index in [4.69, 9.17) is 4.74 Å². The minimum Gasteiger partial charge on any atom is -0.462 e. The summed E-state index contributed by atoms with van der Waals surface area (Å²) in [7, 11) is 0. The van der Waals surface area contributed by atoms with E-state index in [2.05, 4.69) is 42.4 Å². The van der Waals surface area contributed by atoms with Crippen LogP contribution in [0.1, 0.15) is 49.9 Å². The highest BCUT2D eigenvalue weighted by Crippen LogP contribution is 2.22. The summed E-state index contributed by atoms with van der Waals surface area (Å²) in [6.07, 6.45) is 4.53. The number of rotatable bonds is 7. The van der Waals surface area contributed by atoms with Gasteiger partial charge in [-0.15, -0.1) is 12.6 Å². The van der Waals surface area contributed by atoms with E-state index < -0.39 is 0 Å². The Morgan fingerprint density at radius 3 is 2.79 bits per heavy atom. The topological polar surface area (TPSA) is 26.3 Å². The Hall–Kier alpha value is -0.480. The van der Waals surface area contributed by atoms with Crippen molar-refractivity contribution in [3.05, 3.63) is 28.2 Å². The van der Waals surface area contributed by atoms with Gasteiger partial charge in [0, 0.05) is 9.37 Å². The lowest BCUT2D eigenvalue weighted by atomic mass is 10.0. The first-order valence-electron chi connectivity index (χ1n) is 6.74. The molecule has 0 aliphatic rings. The largest absolute Gasteiger partial charge is 0.462 e. The van der Waals surface area contributed by atoms with Gasteiger partial charge in [0.05, 0.1) is 12.2 Å². The molecular weight excluding hydrogens is 324 g/mol. The molecule has 0 aliphatic heterocycles. The maximum atomic E-state index is 12.0. The van der Waals surface area contributed by atoms with Crippen LogP contribution in [-0.2, 0) is 4.74 Å². The van der Waals surface area contributed by atoms with Crippen LogP contribution in [0.25, 0.3) is 0 Å². The van der Waals surface area contributed by atoms with Crippen molar-refractivity contribution >= 4 is 34.5 Å². The molecule has 0 saturated carbocycles. The van der Waals surface area contributed by atoms with Crippen LogP contribution in [0, 0.1) is 5.92 Å². The van der Waals surface area contributed by atoms with Crippen LogP contribution >= 0.6 is 28.6 Å². The molecule has 1 rings (SSSR count). The number of carbonyl (C=O) groups excluding carboxylic acids is 1. The van der Waals surface area contributed by atoms with Crippen molar-refractivity contribution in [3.63, 3.8) is 0 Å². The third-order valence-corrected chi connectivity index (χ3v) is 4.13. The van der Waals surface area contributed by atoms with E-state index in [-0.39, 0.29) is 5.97 Å². The molecule has 0 heterocycles. The van der Waals surface area contributed by atoms with Crippen LogP contribution in [0.2, 0.25) is 0 Å². The lowest BCUT2D eigenvalue weighted by Gasteiger charge is -2.15. The molecule has 0 fully saturated rings. The number of hydrogen-bond acceptors (Lipinski definition) is 3. The fourth-order valence-corrected chi connectivity index (χ4v) is 2.45. The van der Waals surface area contributed by atoms with Gasteiger partial charge in [0.1, 0.15) is 0 Å². The highest BCUT2D eigenvalue weighted by Gasteiger charge is 2.14. The predicted molar refractivity (Wildman–Crippen MR) is 85.0 cm³/mol. The van der Waals surface area contributed by atoms with Gasteiger partial charge in [0.2, 0.25) is 0 Å². The molecule has 1 unspecified atom stereocenters. The standard InChI is InChI=1S/C15H21BrO2S/c1-3-5-6-11(4-2)10-18-15(17)13-9-12(19)7-8-14(13)16/h7-9,11,19H,3-6,10H2,1-2H3. The lowest BCUT2D eigenvalue weighted by molar-refractivity contribution is 0.0427. The molecule has 0 saturated heterocycles. The van der Waals surface area contributed by atoms with Crippen molar-refractivity contribution in [1.29, 1.82) is 0 Å². The number of carbonyl (C=O) groups is 1. The van der Waals surface area contributed by atoms with E-state index >= 15 is 0 Å². The van der Waals surface area contributed by atoms with E-state index in [1.807, 2.05) is 12.1 Å². The molecule has 0 amide bonds. The van der Waals surface area contributed by atoms with E-state index in [9.17, 15) is 4.79 Å². The van der Waals surface area contributed by atoms with Crippen LogP contribution in [0.15, 0.2) is 27.6 Å². The van der Waals surface area contributed by atoms with Crippen LogP contribution in [0.4, 0.5) is 0 Å². The number of halogens is 1. The van der Waals surface area contributed by atoms with Crippen LogP contribution in [0.5, 0.6) is 0 Å². The summed E-state index contributed by atoms with van der Waals surface area (Å²) in [5.41, 5.74) is 0.540. The molecule has 0 radical (unpaired) electrons. The van der Waals surface area contributed by atoms with Crippen LogP contribution < -0.4 is 0 Å². The molecule has 0 spiro atoms. The highest BCUT2D eigenvalue weighted by atomic mass is 79.9. The van der Waals surface area contributed by atoms with E-state index in [0.29, 0.717) is 18.1 Å². The van der Waals surface area contributed by atoms with Crippen molar-refractivity contribution in [1.82, 2.24) is 0 Å². The molecule has 4 heteroatoms. The molecule has 1 atom stereocenters. The third-order valence-electron chi connectivity index (χ3n) is 3.16. The Bertz CT molecular complexity index is 421. The summed E-state index contributed by atoms with van der Waals surface area (Å²) in [6.45, 7) is 4.81. The van der Waals surface area contributed by atoms with Crippen molar-refractivity contribution in [2.24, 2.45) is 5.92 Å². The Morgan fingerprint density at radius 2 is 2.16 bits per heavy atom. The molecule has 0 aliphatic carbocycles. The summed E-state index contributed by atoms with van der Waals surface area (Å²) >= 11 is 7.60. The normalized spacial score (nSPS) is 12.2. The molecule has 0 bridgehead atoms. The van der Waals surface area contributed by atoms with Crippen LogP contribution in [0.3, 0.4) is 0 Å². The van der Waals surface area contributed by atoms with Crippen molar-refractivity contribution in [3.8, 4) is 0 Å². The summed E-state index contributed by atoms with van der Waals surface area (Å²) in [6, 6.07) is 5.37. The minimum absolute atomic E-state index is 0.280. The molecule has 0 aromatic heterocycles. The smallest absolute Gasteiger partial charge is 0.339 e. The van der Waals surface area contributed by atoms with Gasteiger partial charge < -0.3 is 4.74 Å². The monoisotopic (exact) mass is 344 g/mol. The van der Waals surface area contributed by atoms with Crippen molar-refractivity contribution in [2.75, 3.05) is 6.61 Å². The van der Waals surface area contributed by atoms with Crippen molar-refractivity contribution < 1.29 is 9.53 Å². The van der Waals surface area contributed by atoms with E-state index in [1.165, 1.54) is 12.8 Å². The highest BCUT2D eigenvalue weighted by molar-refractivity contribution is 9.10. The number of thiol groups is 1. The summed E-state index contributed by atoms with van der Waals surface area (Å²) in [4.78, 5) is 12.8. The molecule has 1 aromatic carbocycles.